The van der Waals surface area contributed by atoms with Crippen LogP contribution in [-0.4, -0.2) is 37.5 Å². The molecule has 0 spiro atoms. The van der Waals surface area contributed by atoms with Crippen molar-refractivity contribution in [3.63, 3.8) is 0 Å². The molecule has 2 aromatic carbocycles. The van der Waals surface area contributed by atoms with Gasteiger partial charge in [0.15, 0.2) is 23.4 Å². The summed E-state index contributed by atoms with van der Waals surface area (Å²) in [5.41, 5.74) is 0.937. The lowest BCUT2D eigenvalue weighted by atomic mass is 10.1. The van der Waals surface area contributed by atoms with Crippen molar-refractivity contribution in [3.05, 3.63) is 52.0 Å². The number of halogens is 1. The van der Waals surface area contributed by atoms with Gasteiger partial charge in [0, 0.05) is 5.56 Å². The van der Waals surface area contributed by atoms with Gasteiger partial charge in [0.2, 0.25) is 0 Å². The molecule has 0 aromatic heterocycles. The van der Waals surface area contributed by atoms with Crippen LogP contribution in [0.2, 0.25) is 0 Å². The number of ketones is 1. The first-order chi connectivity index (χ1) is 14.3. The van der Waals surface area contributed by atoms with Crippen LogP contribution in [0.5, 0.6) is 11.5 Å². The lowest BCUT2D eigenvalue weighted by Crippen LogP contribution is -2.30. The molecule has 1 atom stereocenters. The highest BCUT2D eigenvalue weighted by Crippen LogP contribution is 2.37. The first-order valence-electron chi connectivity index (χ1n) is 9.40. The van der Waals surface area contributed by atoms with Gasteiger partial charge in [-0.3, -0.25) is 9.59 Å². The molecule has 1 amide bonds. The quantitative estimate of drug-likeness (QED) is 0.418. The molecule has 0 bridgehead atoms. The van der Waals surface area contributed by atoms with Crippen LogP contribution in [-0.2, 0) is 9.53 Å². The van der Waals surface area contributed by atoms with Gasteiger partial charge >= 0.3 is 5.97 Å². The number of methoxy groups -OCH3 is 1. The maximum Gasteiger partial charge on any atom is 0.339 e. The van der Waals surface area contributed by atoms with Crippen molar-refractivity contribution < 1.29 is 28.6 Å². The Labute approximate surface area is 183 Å². The van der Waals surface area contributed by atoms with Crippen LogP contribution in [0.4, 0.5) is 5.69 Å². The predicted octanol–water partition coefficient (Wildman–Crippen LogP) is 4.63. The number of para-hydroxylation sites is 1. The summed E-state index contributed by atoms with van der Waals surface area (Å²) < 4.78 is 16.8. The minimum absolute atomic E-state index is 0.183. The Bertz CT molecular complexity index is 943. The van der Waals surface area contributed by atoms with Crippen molar-refractivity contribution >= 4 is 39.3 Å². The molecule has 0 aliphatic carbocycles. The molecular formula is C22H24BrNO6. The van der Waals surface area contributed by atoms with Crippen LogP contribution in [0.1, 0.15) is 47.9 Å². The predicted molar refractivity (Wildman–Crippen MR) is 116 cm³/mol. The normalized spacial score (nSPS) is 11.4. The van der Waals surface area contributed by atoms with Crippen molar-refractivity contribution in [1.82, 2.24) is 0 Å². The Morgan fingerprint density at radius 2 is 1.87 bits per heavy atom. The molecule has 0 saturated heterocycles. The van der Waals surface area contributed by atoms with Crippen molar-refractivity contribution in [2.45, 2.75) is 33.3 Å². The number of hydrogen-bond acceptors (Lipinski definition) is 6. The van der Waals surface area contributed by atoms with Gasteiger partial charge in [0.25, 0.3) is 5.91 Å². The highest BCUT2D eigenvalue weighted by molar-refractivity contribution is 9.10. The molecule has 8 heteroatoms. The SMILES string of the molecule is CCCOc1c(Br)cc(C(=O)OC(C)C(=O)Nc2ccccc2C(C)=O)cc1OC. The van der Waals surface area contributed by atoms with E-state index in [9.17, 15) is 14.4 Å². The Kier molecular flexibility index (Phi) is 8.41. The number of hydrogen-bond donors (Lipinski definition) is 1. The molecule has 0 fully saturated rings. The molecule has 0 heterocycles. The molecule has 1 N–H and O–H groups in total. The van der Waals surface area contributed by atoms with E-state index in [0.717, 1.165) is 6.42 Å². The summed E-state index contributed by atoms with van der Waals surface area (Å²) in [5.74, 6) is -0.567. The standard InChI is InChI=1S/C22H24BrNO6/c1-5-10-29-20-17(23)11-15(12-19(20)28-4)22(27)30-14(3)21(26)24-18-9-7-6-8-16(18)13(2)25/h6-9,11-12,14H,5,10H2,1-4H3,(H,24,26). The largest absolute Gasteiger partial charge is 0.493 e. The van der Waals surface area contributed by atoms with E-state index in [1.807, 2.05) is 6.92 Å². The first-order valence-corrected chi connectivity index (χ1v) is 10.2. The molecule has 1 unspecified atom stereocenters. The second-order valence-electron chi connectivity index (χ2n) is 6.48. The van der Waals surface area contributed by atoms with Crippen LogP contribution < -0.4 is 14.8 Å². The molecule has 160 valence electrons. The molecule has 30 heavy (non-hydrogen) atoms. The summed E-state index contributed by atoms with van der Waals surface area (Å²) >= 11 is 3.37. The Morgan fingerprint density at radius 3 is 2.50 bits per heavy atom. The van der Waals surface area contributed by atoms with Gasteiger partial charge in [0.1, 0.15) is 0 Å². The number of nitrogens with one attached hydrogen (secondary N) is 1. The third kappa shape index (κ3) is 5.82. The van der Waals surface area contributed by atoms with Gasteiger partial charge < -0.3 is 19.5 Å². The average molecular weight is 478 g/mol. The van der Waals surface area contributed by atoms with E-state index < -0.39 is 18.0 Å². The summed E-state index contributed by atoms with van der Waals surface area (Å²) in [6.07, 6.45) is -0.267. The first kappa shape index (κ1) is 23.4. The highest BCUT2D eigenvalue weighted by Gasteiger charge is 2.22. The van der Waals surface area contributed by atoms with Crippen LogP contribution >= 0.6 is 15.9 Å². The Balaban J connectivity index is 2.12. The average Bonchev–Trinajstić information content (AvgIpc) is 2.72. The number of carbonyl (C=O) groups excluding carboxylic acids is 3. The molecule has 2 aromatic rings. The minimum Gasteiger partial charge on any atom is -0.493 e. The molecule has 0 saturated carbocycles. The third-order valence-electron chi connectivity index (χ3n) is 4.13. The van der Waals surface area contributed by atoms with E-state index in [4.69, 9.17) is 14.2 Å². The summed E-state index contributed by atoms with van der Waals surface area (Å²) in [6, 6.07) is 9.67. The van der Waals surface area contributed by atoms with E-state index in [-0.39, 0.29) is 11.3 Å². The number of amides is 1. The molecule has 2 rings (SSSR count). The van der Waals surface area contributed by atoms with Gasteiger partial charge in [0.05, 0.1) is 29.4 Å². The number of anilines is 1. The molecule has 0 aliphatic heterocycles. The second kappa shape index (κ2) is 10.8. The molecule has 7 nitrogen and oxygen atoms in total. The molecular weight excluding hydrogens is 454 g/mol. The molecule has 0 aliphatic rings. The van der Waals surface area contributed by atoms with Crippen molar-refractivity contribution in [3.8, 4) is 11.5 Å². The van der Waals surface area contributed by atoms with Crippen molar-refractivity contribution in [1.29, 1.82) is 0 Å². The zero-order valence-electron chi connectivity index (χ0n) is 17.3. The summed E-state index contributed by atoms with van der Waals surface area (Å²) in [5, 5.41) is 2.62. The lowest BCUT2D eigenvalue weighted by Gasteiger charge is -2.16. The summed E-state index contributed by atoms with van der Waals surface area (Å²) in [6.45, 7) is 5.34. The maximum absolute atomic E-state index is 12.6. The molecule has 0 radical (unpaired) electrons. The fourth-order valence-corrected chi connectivity index (χ4v) is 3.15. The fourth-order valence-electron chi connectivity index (χ4n) is 2.60. The Hall–Kier alpha value is -2.87. The maximum atomic E-state index is 12.6. The van der Waals surface area contributed by atoms with E-state index in [1.165, 1.54) is 27.0 Å². The zero-order valence-corrected chi connectivity index (χ0v) is 18.9. The van der Waals surface area contributed by atoms with Crippen LogP contribution in [0.25, 0.3) is 0 Å². The van der Waals surface area contributed by atoms with E-state index >= 15 is 0 Å². The topological polar surface area (TPSA) is 90.9 Å². The van der Waals surface area contributed by atoms with Crippen molar-refractivity contribution in [2.75, 3.05) is 19.0 Å². The van der Waals surface area contributed by atoms with E-state index in [2.05, 4.69) is 21.2 Å². The van der Waals surface area contributed by atoms with Gasteiger partial charge in [-0.05, 0) is 60.5 Å². The number of esters is 1. The lowest BCUT2D eigenvalue weighted by molar-refractivity contribution is -0.123. The van der Waals surface area contributed by atoms with Gasteiger partial charge in [-0.2, -0.15) is 0 Å². The van der Waals surface area contributed by atoms with Gasteiger partial charge in [-0.15, -0.1) is 0 Å². The smallest absolute Gasteiger partial charge is 0.339 e. The van der Waals surface area contributed by atoms with Crippen LogP contribution in [0.15, 0.2) is 40.9 Å². The third-order valence-corrected chi connectivity index (χ3v) is 4.72. The number of carbonyl (C=O) groups is 3. The number of benzene rings is 2. The summed E-state index contributed by atoms with van der Waals surface area (Å²) in [7, 11) is 1.47. The second-order valence-corrected chi connectivity index (χ2v) is 7.33. The zero-order chi connectivity index (χ0) is 22.3. The van der Waals surface area contributed by atoms with Gasteiger partial charge in [-0.1, -0.05) is 19.1 Å². The minimum atomic E-state index is -1.08. The van der Waals surface area contributed by atoms with E-state index in [0.29, 0.717) is 33.8 Å². The monoisotopic (exact) mass is 477 g/mol. The Morgan fingerprint density at radius 1 is 1.17 bits per heavy atom. The number of rotatable bonds is 9. The number of ether oxygens (including phenoxy) is 3. The van der Waals surface area contributed by atoms with Crippen molar-refractivity contribution in [2.24, 2.45) is 0 Å². The van der Waals surface area contributed by atoms with Gasteiger partial charge in [-0.25, -0.2) is 4.79 Å². The highest BCUT2D eigenvalue weighted by atomic mass is 79.9. The summed E-state index contributed by atoms with van der Waals surface area (Å²) in [4.78, 5) is 36.7. The number of Topliss-reactive ketones (excluding diaryl/α,β-unsaturated/α-hetero) is 1. The van der Waals surface area contributed by atoms with E-state index in [1.54, 1.807) is 30.3 Å². The van der Waals surface area contributed by atoms with Crippen LogP contribution in [0.3, 0.4) is 0 Å². The van der Waals surface area contributed by atoms with Crippen LogP contribution in [0, 0.1) is 0 Å². The fraction of sp³-hybridized carbons (Fsp3) is 0.318.